The van der Waals surface area contributed by atoms with Gasteiger partial charge in [0.25, 0.3) is 0 Å². The number of hydrogen-bond donors (Lipinski definition) is 0. The van der Waals surface area contributed by atoms with Gasteiger partial charge in [0.05, 0.1) is 0 Å². The molecule has 0 fully saturated rings. The highest BCUT2D eigenvalue weighted by atomic mass is 16.1. The maximum Gasteiger partial charge on any atom is 0.158 e. The summed E-state index contributed by atoms with van der Waals surface area (Å²) in [7, 11) is 0. The number of hydrogen-bond acceptors (Lipinski definition) is 1. The number of rotatable bonds is 5. The van der Waals surface area contributed by atoms with Crippen LogP contribution in [0.3, 0.4) is 0 Å². The summed E-state index contributed by atoms with van der Waals surface area (Å²) in [6.07, 6.45) is 5.39. The fourth-order valence-electron chi connectivity index (χ4n) is 1.21. The normalized spacial score (nSPS) is 10.5. The Hall–Kier alpha value is -1.63. The van der Waals surface area contributed by atoms with Gasteiger partial charge in [0.15, 0.2) is 5.78 Å². The molecular weight excluding hydrogens is 184 g/mol. The van der Waals surface area contributed by atoms with Gasteiger partial charge in [-0.25, -0.2) is 0 Å². The first-order valence-corrected chi connectivity index (χ1v) is 5.10. The summed E-state index contributed by atoms with van der Waals surface area (Å²) in [5.41, 5.74) is 1.81. The first-order valence-electron chi connectivity index (χ1n) is 5.10. The van der Waals surface area contributed by atoms with Gasteiger partial charge < -0.3 is 0 Å². The third-order valence-corrected chi connectivity index (χ3v) is 2.12. The average Bonchev–Trinajstić information content (AvgIpc) is 2.25. The Morgan fingerprint density at radius 2 is 2.00 bits per heavy atom. The molecule has 0 saturated carbocycles. The molecule has 0 bridgehead atoms. The Morgan fingerprint density at radius 1 is 1.33 bits per heavy atom. The Bertz CT molecular complexity index is 360. The number of ketones is 1. The van der Waals surface area contributed by atoms with Crippen LogP contribution in [0, 0.1) is 0 Å². The summed E-state index contributed by atoms with van der Waals surface area (Å²) >= 11 is 0. The highest BCUT2D eigenvalue weighted by molar-refractivity contribution is 5.94. The van der Waals surface area contributed by atoms with Gasteiger partial charge in [-0.3, -0.25) is 4.79 Å². The quantitative estimate of drug-likeness (QED) is 0.663. The molecule has 78 valence electrons. The number of carbonyl (C=O) groups is 1. The molecule has 0 unspecified atom stereocenters. The highest BCUT2D eigenvalue weighted by Crippen LogP contribution is 2.04. The van der Waals surface area contributed by atoms with Gasteiger partial charge in [-0.1, -0.05) is 49.1 Å². The number of allylic oxidation sites excluding steroid dienone is 2. The zero-order chi connectivity index (χ0) is 11.1. The molecule has 15 heavy (non-hydrogen) atoms. The van der Waals surface area contributed by atoms with E-state index in [0.717, 1.165) is 6.42 Å². The van der Waals surface area contributed by atoms with Gasteiger partial charge in [0.2, 0.25) is 0 Å². The highest BCUT2D eigenvalue weighted by Gasteiger charge is 1.98. The van der Waals surface area contributed by atoms with Crippen molar-refractivity contribution in [2.24, 2.45) is 0 Å². The average molecular weight is 200 g/mol. The van der Waals surface area contributed by atoms with Crippen LogP contribution in [0.2, 0.25) is 0 Å². The maximum atomic E-state index is 11.2. The van der Waals surface area contributed by atoms with Crippen molar-refractivity contribution in [3.8, 4) is 0 Å². The topological polar surface area (TPSA) is 17.1 Å². The predicted octanol–water partition coefficient (Wildman–Crippen LogP) is 3.63. The zero-order valence-corrected chi connectivity index (χ0v) is 9.07. The molecule has 0 atom stereocenters. The molecule has 0 aliphatic heterocycles. The minimum Gasteiger partial charge on any atom is -0.295 e. The van der Waals surface area contributed by atoms with Crippen LogP contribution in [0.4, 0.5) is 0 Å². The van der Waals surface area contributed by atoms with Crippen molar-refractivity contribution in [2.75, 3.05) is 0 Å². The van der Waals surface area contributed by atoms with E-state index in [1.165, 1.54) is 5.56 Å². The monoisotopic (exact) mass is 200 g/mol. The lowest BCUT2D eigenvalue weighted by Gasteiger charge is -1.95. The summed E-state index contributed by atoms with van der Waals surface area (Å²) in [6.45, 7) is 5.37. The zero-order valence-electron chi connectivity index (χ0n) is 9.07. The Labute approximate surface area is 91.1 Å². The molecule has 0 N–H and O–H groups in total. The van der Waals surface area contributed by atoms with Crippen molar-refractivity contribution >= 4 is 11.9 Å². The maximum absolute atomic E-state index is 11.2. The second-order valence-electron chi connectivity index (χ2n) is 3.56. The van der Waals surface area contributed by atoms with Gasteiger partial charge in [-0.2, -0.15) is 0 Å². The van der Waals surface area contributed by atoms with E-state index in [-0.39, 0.29) is 5.78 Å². The van der Waals surface area contributed by atoms with Crippen LogP contribution in [-0.4, -0.2) is 5.78 Å². The summed E-state index contributed by atoms with van der Waals surface area (Å²) in [5.74, 6) is 0.146. The van der Waals surface area contributed by atoms with Crippen molar-refractivity contribution in [3.63, 3.8) is 0 Å². The predicted molar refractivity (Wildman–Crippen MR) is 64.5 cm³/mol. The van der Waals surface area contributed by atoms with Gasteiger partial charge in [-0.15, -0.1) is 0 Å². The van der Waals surface area contributed by atoms with Gasteiger partial charge in [0, 0.05) is 6.42 Å². The van der Waals surface area contributed by atoms with Crippen molar-refractivity contribution in [1.82, 2.24) is 0 Å². The van der Waals surface area contributed by atoms with Crippen LogP contribution in [0.15, 0.2) is 48.6 Å². The molecule has 1 aromatic rings. The van der Waals surface area contributed by atoms with E-state index >= 15 is 0 Å². The third kappa shape index (κ3) is 4.41. The first-order chi connectivity index (χ1) is 7.20. The van der Waals surface area contributed by atoms with E-state index in [9.17, 15) is 4.79 Å². The SMILES string of the molecule is C=C(C)C(=O)CC/C=C/c1ccccc1. The Morgan fingerprint density at radius 3 is 2.60 bits per heavy atom. The van der Waals surface area contributed by atoms with E-state index < -0.39 is 0 Å². The van der Waals surface area contributed by atoms with Crippen molar-refractivity contribution < 1.29 is 4.79 Å². The summed E-state index contributed by atoms with van der Waals surface area (Å²) in [5, 5.41) is 0. The Balaban J connectivity index is 2.35. The lowest BCUT2D eigenvalue weighted by Crippen LogP contribution is -1.96. The molecule has 1 nitrogen and oxygen atoms in total. The molecule has 0 aliphatic rings. The third-order valence-electron chi connectivity index (χ3n) is 2.12. The smallest absolute Gasteiger partial charge is 0.158 e. The van der Waals surface area contributed by atoms with Gasteiger partial charge >= 0.3 is 0 Å². The molecule has 0 amide bonds. The summed E-state index contributed by atoms with van der Waals surface area (Å²) < 4.78 is 0. The molecule has 1 rings (SSSR count). The molecule has 0 heterocycles. The number of benzene rings is 1. The van der Waals surface area contributed by atoms with Gasteiger partial charge in [0.1, 0.15) is 0 Å². The van der Waals surface area contributed by atoms with Crippen LogP contribution < -0.4 is 0 Å². The van der Waals surface area contributed by atoms with E-state index in [2.05, 4.69) is 6.58 Å². The largest absolute Gasteiger partial charge is 0.295 e. The minimum atomic E-state index is 0.146. The molecule has 0 aliphatic carbocycles. The second kappa shape index (κ2) is 5.97. The first kappa shape index (κ1) is 11.4. The van der Waals surface area contributed by atoms with Crippen LogP contribution in [0.1, 0.15) is 25.3 Å². The van der Waals surface area contributed by atoms with Crippen LogP contribution in [0.25, 0.3) is 6.08 Å². The van der Waals surface area contributed by atoms with E-state index in [1.807, 2.05) is 42.5 Å². The van der Waals surface area contributed by atoms with E-state index in [4.69, 9.17) is 0 Å². The molecule has 1 heteroatoms. The number of Topliss-reactive ketones (excluding diaryl/α,β-unsaturated/α-hetero) is 1. The second-order valence-corrected chi connectivity index (χ2v) is 3.56. The van der Waals surface area contributed by atoms with Crippen LogP contribution >= 0.6 is 0 Å². The van der Waals surface area contributed by atoms with Crippen LogP contribution in [0.5, 0.6) is 0 Å². The Kier molecular flexibility index (Phi) is 4.55. The van der Waals surface area contributed by atoms with Crippen molar-refractivity contribution in [3.05, 3.63) is 54.1 Å². The molecule has 0 aromatic heterocycles. The lowest BCUT2D eigenvalue weighted by atomic mass is 10.1. The van der Waals surface area contributed by atoms with E-state index in [0.29, 0.717) is 12.0 Å². The minimum absolute atomic E-state index is 0.146. The molecule has 0 radical (unpaired) electrons. The standard InChI is InChI=1S/C14H16O/c1-12(2)14(15)11-7-6-10-13-8-4-3-5-9-13/h3-6,8-10H,1,7,11H2,2H3/b10-6+. The summed E-state index contributed by atoms with van der Waals surface area (Å²) in [4.78, 5) is 11.2. The van der Waals surface area contributed by atoms with E-state index in [1.54, 1.807) is 6.92 Å². The molecule has 0 spiro atoms. The van der Waals surface area contributed by atoms with Gasteiger partial charge in [-0.05, 0) is 24.5 Å². The fourth-order valence-corrected chi connectivity index (χ4v) is 1.21. The van der Waals surface area contributed by atoms with Crippen LogP contribution in [-0.2, 0) is 4.79 Å². The molecule has 0 saturated heterocycles. The lowest BCUT2D eigenvalue weighted by molar-refractivity contribution is -0.115. The molecular formula is C14H16O. The molecule has 1 aromatic carbocycles. The van der Waals surface area contributed by atoms with Crippen molar-refractivity contribution in [2.45, 2.75) is 19.8 Å². The van der Waals surface area contributed by atoms with Crippen molar-refractivity contribution in [1.29, 1.82) is 0 Å². The summed E-state index contributed by atoms with van der Waals surface area (Å²) in [6, 6.07) is 10.1. The number of carbonyl (C=O) groups excluding carboxylic acids is 1. The fraction of sp³-hybridized carbons (Fsp3) is 0.214.